The van der Waals surface area contributed by atoms with E-state index in [-0.39, 0.29) is 17.9 Å². The molecule has 0 spiro atoms. The molecule has 3 rings (SSSR count). The van der Waals surface area contributed by atoms with Gasteiger partial charge in [0, 0.05) is 18.6 Å². The molecule has 0 aliphatic carbocycles. The lowest BCUT2D eigenvalue weighted by atomic mass is 9.93. The molecule has 25 heavy (non-hydrogen) atoms. The monoisotopic (exact) mass is 336 g/mol. The first-order chi connectivity index (χ1) is 12.2. The number of nitrogens with zero attached hydrogens (tertiary/aromatic N) is 1. The molecule has 1 heterocycles. The Balaban J connectivity index is 1.62. The quantitative estimate of drug-likeness (QED) is 0.868. The van der Waals surface area contributed by atoms with Gasteiger partial charge in [-0.2, -0.15) is 0 Å². The van der Waals surface area contributed by atoms with Crippen LogP contribution in [0.1, 0.15) is 43.4 Å². The fraction of sp³-hybridized carbons (Fsp3) is 0.409. The van der Waals surface area contributed by atoms with E-state index in [1.807, 2.05) is 43.3 Å². The molecule has 1 aliphatic heterocycles. The average molecular weight is 336 g/mol. The number of aryl methyl sites for hydroxylation is 1. The SMILES string of the molecule is CC(C(=O)N1CCCC1CCc1ccccc1)C(N)c1ccccc1. The zero-order valence-electron chi connectivity index (χ0n) is 15.0. The molecular formula is C22H28N2O. The number of hydrogen-bond donors (Lipinski definition) is 1. The molecule has 0 saturated carbocycles. The van der Waals surface area contributed by atoms with Gasteiger partial charge in [-0.05, 0) is 36.8 Å². The summed E-state index contributed by atoms with van der Waals surface area (Å²) in [6.07, 6.45) is 4.25. The minimum absolute atomic E-state index is 0.195. The van der Waals surface area contributed by atoms with Crippen molar-refractivity contribution in [2.75, 3.05) is 6.54 Å². The molecule has 1 aliphatic rings. The van der Waals surface area contributed by atoms with E-state index >= 15 is 0 Å². The van der Waals surface area contributed by atoms with Gasteiger partial charge in [-0.15, -0.1) is 0 Å². The van der Waals surface area contributed by atoms with Crippen molar-refractivity contribution in [2.45, 2.75) is 44.7 Å². The van der Waals surface area contributed by atoms with Crippen LogP contribution in [0.2, 0.25) is 0 Å². The summed E-state index contributed by atoms with van der Waals surface area (Å²) >= 11 is 0. The second kappa shape index (κ2) is 8.30. The van der Waals surface area contributed by atoms with E-state index in [1.165, 1.54) is 5.56 Å². The van der Waals surface area contributed by atoms with E-state index in [0.29, 0.717) is 6.04 Å². The summed E-state index contributed by atoms with van der Waals surface area (Å²) in [5, 5.41) is 0. The number of likely N-dealkylation sites (tertiary alicyclic amines) is 1. The molecule has 132 valence electrons. The summed E-state index contributed by atoms with van der Waals surface area (Å²) in [7, 11) is 0. The fourth-order valence-corrected chi connectivity index (χ4v) is 3.78. The van der Waals surface area contributed by atoms with Crippen LogP contribution in [-0.2, 0) is 11.2 Å². The molecule has 0 radical (unpaired) electrons. The van der Waals surface area contributed by atoms with Gasteiger partial charge in [0.15, 0.2) is 0 Å². The number of carbonyl (C=O) groups is 1. The van der Waals surface area contributed by atoms with Gasteiger partial charge in [-0.3, -0.25) is 4.79 Å². The summed E-state index contributed by atoms with van der Waals surface area (Å²) < 4.78 is 0. The second-order valence-electron chi connectivity index (χ2n) is 7.08. The van der Waals surface area contributed by atoms with Crippen LogP contribution in [0, 0.1) is 5.92 Å². The van der Waals surface area contributed by atoms with Crippen LogP contribution in [0.4, 0.5) is 0 Å². The molecule has 1 saturated heterocycles. The van der Waals surface area contributed by atoms with E-state index in [1.54, 1.807) is 0 Å². The van der Waals surface area contributed by atoms with Crippen molar-refractivity contribution in [1.29, 1.82) is 0 Å². The van der Waals surface area contributed by atoms with Crippen molar-refractivity contribution in [3.8, 4) is 0 Å². The second-order valence-corrected chi connectivity index (χ2v) is 7.08. The highest BCUT2D eigenvalue weighted by molar-refractivity contribution is 5.80. The van der Waals surface area contributed by atoms with E-state index in [2.05, 4.69) is 29.2 Å². The molecule has 0 aromatic heterocycles. The van der Waals surface area contributed by atoms with Gasteiger partial charge in [0.05, 0.1) is 5.92 Å². The molecule has 2 N–H and O–H groups in total. The van der Waals surface area contributed by atoms with Gasteiger partial charge in [0.2, 0.25) is 5.91 Å². The minimum atomic E-state index is -0.246. The first kappa shape index (κ1) is 17.7. The third kappa shape index (κ3) is 4.29. The van der Waals surface area contributed by atoms with Gasteiger partial charge >= 0.3 is 0 Å². The van der Waals surface area contributed by atoms with Crippen molar-refractivity contribution in [3.05, 3.63) is 71.8 Å². The summed E-state index contributed by atoms with van der Waals surface area (Å²) in [6, 6.07) is 20.6. The summed E-state index contributed by atoms with van der Waals surface area (Å²) in [4.78, 5) is 15.1. The maximum Gasteiger partial charge on any atom is 0.227 e. The van der Waals surface area contributed by atoms with Crippen LogP contribution >= 0.6 is 0 Å². The summed E-state index contributed by atoms with van der Waals surface area (Å²) in [6.45, 7) is 2.83. The third-order valence-corrected chi connectivity index (χ3v) is 5.38. The standard InChI is InChI=1S/C22H28N2O/c1-17(21(23)19-11-6-3-7-12-19)22(25)24-16-8-13-20(24)15-14-18-9-4-2-5-10-18/h2-7,9-12,17,20-21H,8,13-16,23H2,1H3. The fourth-order valence-electron chi connectivity index (χ4n) is 3.78. The van der Waals surface area contributed by atoms with Crippen molar-refractivity contribution < 1.29 is 4.79 Å². The maximum atomic E-state index is 13.0. The first-order valence-corrected chi connectivity index (χ1v) is 9.31. The van der Waals surface area contributed by atoms with Crippen molar-refractivity contribution >= 4 is 5.91 Å². The Morgan fingerprint density at radius 3 is 2.44 bits per heavy atom. The Kier molecular flexibility index (Phi) is 5.87. The predicted octanol–water partition coefficient (Wildman–Crippen LogP) is 3.95. The zero-order valence-corrected chi connectivity index (χ0v) is 15.0. The lowest BCUT2D eigenvalue weighted by Gasteiger charge is -2.30. The molecule has 3 heteroatoms. The van der Waals surface area contributed by atoms with Gasteiger partial charge in [0.1, 0.15) is 0 Å². The Labute approximate surface area is 150 Å². The third-order valence-electron chi connectivity index (χ3n) is 5.38. The lowest BCUT2D eigenvalue weighted by molar-refractivity contribution is -0.136. The molecule has 3 atom stereocenters. The lowest BCUT2D eigenvalue weighted by Crippen LogP contribution is -2.42. The number of hydrogen-bond acceptors (Lipinski definition) is 2. The van der Waals surface area contributed by atoms with Crippen molar-refractivity contribution in [2.24, 2.45) is 11.7 Å². The molecular weight excluding hydrogens is 308 g/mol. The van der Waals surface area contributed by atoms with Crippen LogP contribution in [0.25, 0.3) is 0 Å². The molecule has 2 aromatic rings. The highest BCUT2D eigenvalue weighted by Gasteiger charge is 2.33. The molecule has 2 aromatic carbocycles. The van der Waals surface area contributed by atoms with Gasteiger partial charge in [0.25, 0.3) is 0 Å². The van der Waals surface area contributed by atoms with Crippen LogP contribution in [0.5, 0.6) is 0 Å². The maximum absolute atomic E-state index is 13.0. The number of nitrogens with two attached hydrogens (primary N) is 1. The largest absolute Gasteiger partial charge is 0.339 e. The number of benzene rings is 2. The van der Waals surface area contributed by atoms with Gasteiger partial charge in [-0.1, -0.05) is 67.6 Å². The minimum Gasteiger partial charge on any atom is -0.339 e. The normalized spacial score (nSPS) is 19.6. The van der Waals surface area contributed by atoms with Crippen LogP contribution in [0.15, 0.2) is 60.7 Å². The first-order valence-electron chi connectivity index (χ1n) is 9.31. The molecule has 3 unspecified atom stereocenters. The number of rotatable bonds is 6. The molecule has 1 fully saturated rings. The molecule has 1 amide bonds. The van der Waals surface area contributed by atoms with Crippen molar-refractivity contribution in [3.63, 3.8) is 0 Å². The van der Waals surface area contributed by atoms with Gasteiger partial charge in [-0.25, -0.2) is 0 Å². The highest BCUT2D eigenvalue weighted by atomic mass is 16.2. The smallest absolute Gasteiger partial charge is 0.227 e. The van der Waals surface area contributed by atoms with E-state index in [9.17, 15) is 4.79 Å². The summed E-state index contributed by atoms with van der Waals surface area (Å²) in [5.74, 6) is 0.00615. The zero-order chi connectivity index (χ0) is 17.6. The molecule has 3 nitrogen and oxygen atoms in total. The summed E-state index contributed by atoms with van der Waals surface area (Å²) in [5.41, 5.74) is 8.74. The van der Waals surface area contributed by atoms with Crippen LogP contribution in [-0.4, -0.2) is 23.4 Å². The number of amides is 1. The topological polar surface area (TPSA) is 46.3 Å². The van der Waals surface area contributed by atoms with E-state index in [4.69, 9.17) is 5.73 Å². The van der Waals surface area contributed by atoms with Crippen LogP contribution in [0.3, 0.4) is 0 Å². The van der Waals surface area contributed by atoms with Crippen molar-refractivity contribution in [1.82, 2.24) is 4.90 Å². The Morgan fingerprint density at radius 1 is 1.12 bits per heavy atom. The molecule has 0 bridgehead atoms. The van der Waals surface area contributed by atoms with E-state index in [0.717, 1.165) is 37.8 Å². The predicted molar refractivity (Wildman–Crippen MR) is 102 cm³/mol. The van der Waals surface area contributed by atoms with E-state index < -0.39 is 0 Å². The Hall–Kier alpha value is -2.13. The Bertz CT molecular complexity index is 671. The average Bonchev–Trinajstić information content (AvgIpc) is 3.14. The van der Waals surface area contributed by atoms with Gasteiger partial charge < -0.3 is 10.6 Å². The number of carbonyl (C=O) groups excluding carboxylic acids is 1. The highest BCUT2D eigenvalue weighted by Crippen LogP contribution is 2.27. The Morgan fingerprint density at radius 2 is 1.76 bits per heavy atom. The van der Waals surface area contributed by atoms with Crippen LogP contribution < -0.4 is 5.73 Å².